The molecule has 1 aliphatic heterocycles. The minimum atomic E-state index is -0.280. The van der Waals surface area contributed by atoms with Crippen LogP contribution in [0.1, 0.15) is 35.7 Å². The zero-order chi connectivity index (χ0) is 21.5. The van der Waals surface area contributed by atoms with E-state index in [0.29, 0.717) is 36.5 Å². The lowest BCUT2D eigenvalue weighted by Gasteiger charge is -2.21. The summed E-state index contributed by atoms with van der Waals surface area (Å²) < 4.78 is 5.16. The maximum atomic E-state index is 13.0. The molecule has 1 fully saturated rings. The van der Waals surface area contributed by atoms with E-state index in [9.17, 15) is 14.4 Å². The van der Waals surface area contributed by atoms with E-state index in [4.69, 9.17) is 4.74 Å². The lowest BCUT2D eigenvalue weighted by Crippen LogP contribution is -2.38. The summed E-state index contributed by atoms with van der Waals surface area (Å²) in [4.78, 5) is 40.6. The molecule has 0 bridgehead atoms. The lowest BCUT2D eigenvalue weighted by molar-refractivity contribution is -0.128. The highest BCUT2D eigenvalue weighted by molar-refractivity contribution is 5.99. The first-order chi connectivity index (χ1) is 14.5. The van der Waals surface area contributed by atoms with Crippen molar-refractivity contribution in [3.05, 3.63) is 59.7 Å². The minimum absolute atomic E-state index is 0.0542. The minimum Gasteiger partial charge on any atom is -0.497 e. The van der Waals surface area contributed by atoms with Crippen molar-refractivity contribution in [1.29, 1.82) is 0 Å². The highest BCUT2D eigenvalue weighted by Gasteiger charge is 2.21. The van der Waals surface area contributed by atoms with Crippen LogP contribution in [-0.4, -0.2) is 54.3 Å². The number of methoxy groups -OCH3 is 1. The summed E-state index contributed by atoms with van der Waals surface area (Å²) in [6.07, 6.45) is 1.47. The van der Waals surface area contributed by atoms with Crippen LogP contribution in [0.25, 0.3) is 0 Å². The molecule has 3 rings (SSSR count). The van der Waals surface area contributed by atoms with E-state index < -0.39 is 0 Å². The van der Waals surface area contributed by atoms with E-state index in [2.05, 4.69) is 5.32 Å². The van der Waals surface area contributed by atoms with Gasteiger partial charge in [-0.25, -0.2) is 0 Å². The molecule has 3 amide bonds. The van der Waals surface area contributed by atoms with Crippen LogP contribution in [0, 0.1) is 0 Å². The Balaban J connectivity index is 1.64. The Bertz CT molecular complexity index is 928. The summed E-state index contributed by atoms with van der Waals surface area (Å²) in [5, 5.41) is 2.80. The number of carbonyl (C=O) groups excluding carboxylic acids is 3. The van der Waals surface area contributed by atoms with Gasteiger partial charge in [0.15, 0.2) is 0 Å². The molecular weight excluding hydrogens is 382 g/mol. The molecule has 0 radical (unpaired) electrons. The quantitative estimate of drug-likeness (QED) is 0.727. The third kappa shape index (κ3) is 5.37. The molecule has 1 N–H and O–H groups in total. The average Bonchev–Trinajstić information content (AvgIpc) is 3.16. The van der Waals surface area contributed by atoms with Crippen molar-refractivity contribution in [2.75, 3.05) is 32.1 Å². The Kier molecular flexibility index (Phi) is 7.06. The normalized spacial score (nSPS) is 13.3. The van der Waals surface area contributed by atoms with Gasteiger partial charge in [-0.3, -0.25) is 14.4 Å². The summed E-state index contributed by atoms with van der Waals surface area (Å²) in [5.41, 5.74) is 2.03. The van der Waals surface area contributed by atoms with Crippen LogP contribution < -0.4 is 10.1 Å². The van der Waals surface area contributed by atoms with Crippen LogP contribution >= 0.6 is 0 Å². The number of carbonyl (C=O) groups is 3. The second-order valence-corrected chi connectivity index (χ2v) is 7.22. The fourth-order valence-corrected chi connectivity index (χ4v) is 3.48. The lowest BCUT2D eigenvalue weighted by atomic mass is 10.1. The third-order valence-electron chi connectivity index (χ3n) is 5.08. The van der Waals surface area contributed by atoms with E-state index >= 15 is 0 Å². The van der Waals surface area contributed by atoms with Crippen LogP contribution in [0.3, 0.4) is 0 Å². The Morgan fingerprint density at radius 3 is 2.67 bits per heavy atom. The zero-order valence-corrected chi connectivity index (χ0v) is 17.4. The molecule has 7 heteroatoms. The molecule has 2 aromatic rings. The smallest absolute Gasteiger partial charge is 0.254 e. The SMILES string of the molecule is CCN(CC(=O)Nc1cccc(OC)c1)C(=O)c1cccc(CN2CCCC2=O)c1. The van der Waals surface area contributed by atoms with Gasteiger partial charge in [0.1, 0.15) is 12.3 Å². The van der Waals surface area contributed by atoms with Gasteiger partial charge >= 0.3 is 0 Å². The van der Waals surface area contributed by atoms with Gasteiger partial charge in [-0.15, -0.1) is 0 Å². The summed E-state index contributed by atoms with van der Waals surface area (Å²) in [6.45, 7) is 3.44. The monoisotopic (exact) mass is 409 g/mol. The highest BCUT2D eigenvalue weighted by Crippen LogP contribution is 2.18. The first-order valence-corrected chi connectivity index (χ1v) is 10.1. The number of benzene rings is 2. The van der Waals surface area contributed by atoms with Gasteiger partial charge in [-0.05, 0) is 43.2 Å². The van der Waals surface area contributed by atoms with Gasteiger partial charge in [0.2, 0.25) is 11.8 Å². The standard InChI is InChI=1S/C23H27N3O4/c1-3-25(16-21(27)24-19-9-5-10-20(14-19)30-2)23(29)18-8-4-7-17(13-18)15-26-12-6-11-22(26)28/h4-5,7-10,13-14H,3,6,11-12,15-16H2,1-2H3,(H,24,27). The van der Waals surface area contributed by atoms with Gasteiger partial charge < -0.3 is 19.9 Å². The number of likely N-dealkylation sites (N-methyl/N-ethyl adjacent to an activating group) is 1. The van der Waals surface area contributed by atoms with Gasteiger partial charge in [0.05, 0.1) is 7.11 Å². The van der Waals surface area contributed by atoms with Crippen molar-refractivity contribution in [3.8, 4) is 5.75 Å². The molecule has 0 aromatic heterocycles. The number of nitrogens with one attached hydrogen (secondary N) is 1. The van der Waals surface area contributed by atoms with Crippen LogP contribution in [0.15, 0.2) is 48.5 Å². The molecule has 1 heterocycles. The molecule has 1 saturated heterocycles. The number of hydrogen-bond acceptors (Lipinski definition) is 4. The number of anilines is 1. The van der Waals surface area contributed by atoms with Crippen LogP contribution in [0.2, 0.25) is 0 Å². The summed E-state index contributed by atoms with van der Waals surface area (Å²) in [5.74, 6) is 0.297. The predicted octanol–water partition coefficient (Wildman–Crippen LogP) is 2.92. The highest BCUT2D eigenvalue weighted by atomic mass is 16.5. The number of likely N-dealkylation sites (tertiary alicyclic amines) is 1. The number of hydrogen-bond donors (Lipinski definition) is 1. The molecule has 0 atom stereocenters. The average molecular weight is 409 g/mol. The van der Waals surface area contributed by atoms with E-state index in [-0.39, 0.29) is 24.3 Å². The largest absolute Gasteiger partial charge is 0.497 e. The Hall–Kier alpha value is -3.35. The fraction of sp³-hybridized carbons (Fsp3) is 0.348. The topological polar surface area (TPSA) is 79.0 Å². The first-order valence-electron chi connectivity index (χ1n) is 10.1. The molecule has 0 unspecified atom stereocenters. The first kappa shape index (κ1) is 21.4. The van der Waals surface area contributed by atoms with Crippen molar-refractivity contribution >= 4 is 23.4 Å². The van der Waals surface area contributed by atoms with E-state index in [1.54, 1.807) is 43.5 Å². The number of ether oxygens (including phenoxy) is 1. The molecule has 1 aliphatic rings. The Morgan fingerprint density at radius 1 is 1.17 bits per heavy atom. The van der Waals surface area contributed by atoms with Crippen molar-refractivity contribution in [2.24, 2.45) is 0 Å². The van der Waals surface area contributed by atoms with Crippen LogP contribution in [0.5, 0.6) is 5.75 Å². The van der Waals surface area contributed by atoms with E-state index in [1.165, 1.54) is 4.90 Å². The molecule has 158 valence electrons. The maximum Gasteiger partial charge on any atom is 0.254 e. The van der Waals surface area contributed by atoms with Crippen molar-refractivity contribution in [1.82, 2.24) is 9.80 Å². The second-order valence-electron chi connectivity index (χ2n) is 7.22. The fourth-order valence-electron chi connectivity index (χ4n) is 3.48. The Morgan fingerprint density at radius 2 is 1.97 bits per heavy atom. The van der Waals surface area contributed by atoms with Crippen molar-refractivity contribution in [2.45, 2.75) is 26.3 Å². The third-order valence-corrected chi connectivity index (χ3v) is 5.08. The van der Waals surface area contributed by atoms with Crippen LogP contribution in [0.4, 0.5) is 5.69 Å². The second kappa shape index (κ2) is 9.91. The summed E-state index contributed by atoms with van der Waals surface area (Å²) >= 11 is 0. The molecule has 0 aliphatic carbocycles. The molecule has 30 heavy (non-hydrogen) atoms. The number of rotatable bonds is 8. The summed E-state index contributed by atoms with van der Waals surface area (Å²) in [7, 11) is 1.56. The number of amides is 3. The molecular formula is C23H27N3O4. The van der Waals surface area contributed by atoms with Crippen LogP contribution in [-0.2, 0) is 16.1 Å². The van der Waals surface area contributed by atoms with E-state index in [1.807, 2.05) is 24.0 Å². The van der Waals surface area contributed by atoms with Gasteiger partial charge in [0, 0.05) is 43.4 Å². The molecule has 2 aromatic carbocycles. The number of nitrogens with zero attached hydrogens (tertiary/aromatic N) is 2. The van der Waals surface area contributed by atoms with Gasteiger partial charge in [-0.2, -0.15) is 0 Å². The van der Waals surface area contributed by atoms with Gasteiger partial charge in [-0.1, -0.05) is 18.2 Å². The summed E-state index contributed by atoms with van der Waals surface area (Å²) in [6, 6.07) is 14.3. The molecule has 0 spiro atoms. The molecule has 7 nitrogen and oxygen atoms in total. The van der Waals surface area contributed by atoms with Crippen molar-refractivity contribution in [3.63, 3.8) is 0 Å². The van der Waals surface area contributed by atoms with E-state index in [0.717, 1.165) is 18.5 Å². The zero-order valence-electron chi connectivity index (χ0n) is 17.4. The molecule has 0 saturated carbocycles. The predicted molar refractivity (Wildman–Crippen MR) is 114 cm³/mol. The Labute approximate surface area is 176 Å². The van der Waals surface area contributed by atoms with Gasteiger partial charge in [0.25, 0.3) is 5.91 Å². The van der Waals surface area contributed by atoms with Crippen molar-refractivity contribution < 1.29 is 19.1 Å². The maximum absolute atomic E-state index is 13.0.